The van der Waals surface area contributed by atoms with Gasteiger partial charge in [-0.25, -0.2) is 9.67 Å². The monoisotopic (exact) mass is 362 g/mol. The van der Waals surface area contributed by atoms with Crippen LogP contribution in [0.5, 0.6) is 0 Å². The molecule has 26 heavy (non-hydrogen) atoms. The zero-order chi connectivity index (χ0) is 17.7. The van der Waals surface area contributed by atoms with Crippen LogP contribution in [-0.2, 0) is 0 Å². The summed E-state index contributed by atoms with van der Waals surface area (Å²) in [5.41, 5.74) is 2.71. The van der Waals surface area contributed by atoms with Crippen LogP contribution in [-0.4, -0.2) is 29.5 Å². The maximum atomic E-state index is 11.0. The molecule has 128 valence electrons. The molecule has 1 atom stereocenters. The largest absolute Gasteiger partial charge is 0.380 e. The number of aliphatic hydroxyl groups excluding tert-OH is 1. The van der Waals surface area contributed by atoms with E-state index in [2.05, 4.69) is 21.4 Å². The zero-order valence-electron chi connectivity index (χ0n) is 13.6. The summed E-state index contributed by atoms with van der Waals surface area (Å²) in [5, 5.41) is 28.2. The van der Waals surface area contributed by atoms with Crippen molar-refractivity contribution in [1.29, 1.82) is 5.26 Å². The molecule has 0 radical (unpaired) electrons. The Morgan fingerprint density at radius 1 is 1.27 bits per heavy atom. The molecular weight excluding hydrogens is 348 g/mol. The highest BCUT2D eigenvalue weighted by atomic mass is 32.1. The van der Waals surface area contributed by atoms with E-state index in [9.17, 15) is 5.11 Å². The van der Waals surface area contributed by atoms with Crippen LogP contribution in [0.25, 0.3) is 10.5 Å². The number of imidazole rings is 1. The molecule has 1 N–H and O–H groups in total. The van der Waals surface area contributed by atoms with Crippen LogP contribution in [0.15, 0.2) is 43.0 Å². The fourth-order valence-electron chi connectivity index (χ4n) is 3.08. The first-order valence-corrected chi connectivity index (χ1v) is 9.12. The molecule has 0 aliphatic heterocycles. The van der Waals surface area contributed by atoms with Gasteiger partial charge in [0.15, 0.2) is 0 Å². The first-order valence-electron chi connectivity index (χ1n) is 8.30. The molecule has 0 spiro atoms. The summed E-state index contributed by atoms with van der Waals surface area (Å²) in [7, 11) is 0. The highest BCUT2D eigenvalue weighted by molar-refractivity contribution is 7.17. The van der Waals surface area contributed by atoms with Gasteiger partial charge in [-0.3, -0.25) is 4.40 Å². The van der Waals surface area contributed by atoms with E-state index in [0.29, 0.717) is 17.2 Å². The van der Waals surface area contributed by atoms with Crippen LogP contribution in [0.2, 0.25) is 0 Å². The van der Waals surface area contributed by atoms with Gasteiger partial charge >= 0.3 is 0 Å². The van der Waals surface area contributed by atoms with Crippen LogP contribution in [0.3, 0.4) is 0 Å². The molecule has 3 aromatic heterocycles. The Balaban J connectivity index is 1.52. The van der Waals surface area contributed by atoms with Gasteiger partial charge in [0.2, 0.25) is 0 Å². The molecule has 8 heteroatoms. The predicted octanol–water partition coefficient (Wildman–Crippen LogP) is 2.81. The summed E-state index contributed by atoms with van der Waals surface area (Å²) in [6.45, 7) is 0. The Labute approximate surface area is 152 Å². The van der Waals surface area contributed by atoms with Gasteiger partial charge in [0.25, 0.3) is 0 Å². The van der Waals surface area contributed by atoms with Crippen molar-refractivity contribution in [3.63, 3.8) is 0 Å². The van der Waals surface area contributed by atoms with E-state index >= 15 is 0 Å². The van der Waals surface area contributed by atoms with Crippen molar-refractivity contribution in [3.8, 4) is 11.8 Å². The van der Waals surface area contributed by atoms with Crippen molar-refractivity contribution in [2.75, 3.05) is 0 Å². The van der Waals surface area contributed by atoms with Crippen LogP contribution < -0.4 is 0 Å². The third-order valence-electron chi connectivity index (χ3n) is 4.59. The number of benzene rings is 1. The van der Waals surface area contributed by atoms with Crippen LogP contribution in [0, 0.1) is 11.3 Å². The van der Waals surface area contributed by atoms with E-state index in [4.69, 9.17) is 5.26 Å². The third-order valence-corrected chi connectivity index (χ3v) is 5.86. The molecule has 4 aromatic rings. The van der Waals surface area contributed by atoms with Crippen molar-refractivity contribution in [2.24, 2.45) is 0 Å². The standard InChI is InChI=1S/C18H14N6OS/c19-7-11-1-5-13(6-2-11)24-9-14(21-22-24)17(25)16-18(12-3-4-12)26-15-8-20-10-23(15)16/h1-2,5-6,8-10,12,17,25H,3-4H2. The lowest BCUT2D eigenvalue weighted by molar-refractivity contribution is 0.208. The number of fused-ring (bicyclic) bond motifs is 1. The summed E-state index contributed by atoms with van der Waals surface area (Å²) >= 11 is 1.69. The van der Waals surface area contributed by atoms with E-state index in [0.717, 1.165) is 29.1 Å². The molecule has 0 amide bonds. The van der Waals surface area contributed by atoms with Gasteiger partial charge in [-0.2, -0.15) is 5.26 Å². The number of nitriles is 1. The molecule has 1 saturated carbocycles. The Morgan fingerprint density at radius 2 is 2.08 bits per heavy atom. The summed E-state index contributed by atoms with van der Waals surface area (Å²) in [4.78, 5) is 6.42. The van der Waals surface area contributed by atoms with Crippen molar-refractivity contribution in [1.82, 2.24) is 24.4 Å². The van der Waals surface area contributed by atoms with E-state index in [-0.39, 0.29) is 0 Å². The molecule has 1 fully saturated rings. The topological polar surface area (TPSA) is 92.0 Å². The Hall–Kier alpha value is -3.02. The fourth-order valence-corrected chi connectivity index (χ4v) is 4.38. The van der Waals surface area contributed by atoms with Gasteiger partial charge in [-0.15, -0.1) is 16.4 Å². The first kappa shape index (κ1) is 15.3. The first-order chi connectivity index (χ1) is 12.7. The number of aromatic nitrogens is 5. The Kier molecular flexibility index (Phi) is 3.38. The van der Waals surface area contributed by atoms with Gasteiger partial charge in [0.1, 0.15) is 23.0 Å². The van der Waals surface area contributed by atoms with Crippen molar-refractivity contribution < 1.29 is 5.11 Å². The average molecular weight is 362 g/mol. The van der Waals surface area contributed by atoms with Gasteiger partial charge in [-0.1, -0.05) is 5.21 Å². The van der Waals surface area contributed by atoms with Crippen molar-refractivity contribution in [2.45, 2.75) is 24.9 Å². The van der Waals surface area contributed by atoms with E-state index in [1.54, 1.807) is 52.8 Å². The maximum Gasteiger partial charge on any atom is 0.141 e. The van der Waals surface area contributed by atoms with E-state index in [1.165, 1.54) is 4.88 Å². The minimum Gasteiger partial charge on any atom is -0.380 e. The summed E-state index contributed by atoms with van der Waals surface area (Å²) in [5.74, 6) is 0.526. The minimum absolute atomic E-state index is 0.490. The second kappa shape index (κ2) is 5.76. The number of hydrogen-bond donors (Lipinski definition) is 1. The average Bonchev–Trinajstić information content (AvgIpc) is 3.09. The SMILES string of the molecule is N#Cc1ccc(-n2cc(C(O)c3c(C4CC4)sc4cncn34)nn2)cc1. The van der Waals surface area contributed by atoms with Gasteiger partial charge in [0.05, 0.1) is 35.4 Å². The molecule has 0 bridgehead atoms. The van der Waals surface area contributed by atoms with Crippen LogP contribution in [0.4, 0.5) is 0 Å². The third kappa shape index (κ3) is 2.41. The highest BCUT2D eigenvalue weighted by Gasteiger charge is 2.33. The summed E-state index contributed by atoms with van der Waals surface area (Å²) in [6.07, 6.45) is 6.74. The lowest BCUT2D eigenvalue weighted by Crippen LogP contribution is -2.06. The molecule has 1 unspecified atom stereocenters. The summed E-state index contributed by atoms with van der Waals surface area (Å²) in [6, 6.07) is 9.16. The lowest BCUT2D eigenvalue weighted by Gasteiger charge is -2.09. The lowest BCUT2D eigenvalue weighted by atomic mass is 10.1. The van der Waals surface area contributed by atoms with Gasteiger partial charge in [0, 0.05) is 4.88 Å². The molecule has 3 heterocycles. The molecule has 7 nitrogen and oxygen atoms in total. The molecule has 5 rings (SSSR count). The predicted molar refractivity (Wildman–Crippen MR) is 95.2 cm³/mol. The second-order valence-corrected chi connectivity index (χ2v) is 7.44. The fraction of sp³-hybridized carbons (Fsp3) is 0.222. The molecule has 1 aliphatic rings. The normalized spacial score (nSPS) is 15.2. The highest BCUT2D eigenvalue weighted by Crippen LogP contribution is 2.47. The number of hydrogen-bond acceptors (Lipinski definition) is 6. The number of thiazole rings is 1. The van der Waals surface area contributed by atoms with E-state index in [1.807, 2.05) is 10.6 Å². The van der Waals surface area contributed by atoms with Crippen LogP contribution >= 0.6 is 11.3 Å². The van der Waals surface area contributed by atoms with E-state index < -0.39 is 6.10 Å². The summed E-state index contributed by atoms with van der Waals surface area (Å²) < 4.78 is 3.55. The van der Waals surface area contributed by atoms with Crippen molar-refractivity contribution >= 4 is 16.2 Å². The molecule has 1 aromatic carbocycles. The smallest absolute Gasteiger partial charge is 0.141 e. The zero-order valence-corrected chi connectivity index (χ0v) is 14.5. The minimum atomic E-state index is -0.860. The molecular formula is C18H14N6OS. The quantitative estimate of drug-likeness (QED) is 0.603. The van der Waals surface area contributed by atoms with Gasteiger partial charge < -0.3 is 5.11 Å². The Bertz CT molecular complexity index is 1130. The Morgan fingerprint density at radius 3 is 2.81 bits per heavy atom. The molecule has 0 saturated heterocycles. The number of aliphatic hydroxyl groups is 1. The van der Waals surface area contributed by atoms with Crippen LogP contribution in [0.1, 0.15) is 46.7 Å². The second-order valence-electron chi connectivity index (χ2n) is 6.38. The molecule has 1 aliphatic carbocycles. The number of rotatable bonds is 4. The maximum absolute atomic E-state index is 11.0. The van der Waals surface area contributed by atoms with Gasteiger partial charge in [-0.05, 0) is 43.0 Å². The number of nitrogens with zero attached hydrogens (tertiary/aromatic N) is 6. The van der Waals surface area contributed by atoms with Crippen molar-refractivity contribution in [3.05, 3.63) is 64.8 Å².